The van der Waals surface area contributed by atoms with E-state index in [4.69, 9.17) is 4.74 Å². The van der Waals surface area contributed by atoms with Gasteiger partial charge < -0.3 is 20.3 Å². The lowest BCUT2D eigenvalue weighted by molar-refractivity contribution is 0.0383. The average Bonchev–Trinajstić information content (AvgIpc) is 2.66. The van der Waals surface area contributed by atoms with Crippen molar-refractivity contribution in [2.45, 2.75) is 6.42 Å². The van der Waals surface area contributed by atoms with Gasteiger partial charge in [-0.25, -0.2) is 0 Å². The zero-order chi connectivity index (χ0) is 18.8. The molecule has 1 aromatic heterocycles. The van der Waals surface area contributed by atoms with E-state index in [0.717, 1.165) is 45.8 Å². The van der Waals surface area contributed by atoms with Crippen LogP contribution in [0.5, 0.6) is 0 Å². The molecule has 1 aliphatic rings. The van der Waals surface area contributed by atoms with Gasteiger partial charge in [-0.15, -0.1) is 0 Å². The number of morpholine rings is 1. The molecule has 8 nitrogen and oxygen atoms in total. The van der Waals surface area contributed by atoms with E-state index in [1.807, 2.05) is 14.1 Å². The molecule has 0 aromatic carbocycles. The number of ether oxygens (including phenoxy) is 1. The molecule has 1 aromatic rings. The first-order valence-corrected chi connectivity index (χ1v) is 9.02. The highest BCUT2D eigenvalue weighted by Gasteiger charge is 2.13. The zero-order valence-corrected chi connectivity index (χ0v) is 15.7. The van der Waals surface area contributed by atoms with Crippen LogP contribution in [0.3, 0.4) is 0 Å². The van der Waals surface area contributed by atoms with Crippen LogP contribution in [0.25, 0.3) is 0 Å². The molecule has 0 radical (unpaired) electrons. The third-order valence-electron chi connectivity index (χ3n) is 4.15. The van der Waals surface area contributed by atoms with Crippen molar-refractivity contribution >= 4 is 11.8 Å². The highest BCUT2D eigenvalue weighted by atomic mass is 16.5. The normalized spacial score (nSPS) is 15.0. The van der Waals surface area contributed by atoms with E-state index in [9.17, 15) is 9.59 Å². The van der Waals surface area contributed by atoms with E-state index in [2.05, 4.69) is 25.4 Å². The standard InChI is InChI=1S/C18H29N5O3/c1-22(2)6-3-4-20-17(24)15-12-16(14-19-13-15)18(25)21-5-7-23-8-10-26-11-9-23/h12-14H,3-11H2,1-2H3,(H,20,24)(H,21,25). The molecule has 0 unspecified atom stereocenters. The van der Waals surface area contributed by atoms with Crippen molar-refractivity contribution in [3.63, 3.8) is 0 Å². The predicted octanol–water partition coefficient (Wildman–Crippen LogP) is -0.175. The molecule has 2 rings (SSSR count). The van der Waals surface area contributed by atoms with Gasteiger partial charge in [-0.2, -0.15) is 0 Å². The van der Waals surface area contributed by atoms with Crippen molar-refractivity contribution in [3.8, 4) is 0 Å². The first kappa shape index (κ1) is 20.3. The number of amides is 2. The van der Waals surface area contributed by atoms with E-state index in [-0.39, 0.29) is 11.8 Å². The van der Waals surface area contributed by atoms with Crippen LogP contribution in [0.15, 0.2) is 18.5 Å². The van der Waals surface area contributed by atoms with Crippen LogP contribution in [0.1, 0.15) is 27.1 Å². The molecular weight excluding hydrogens is 334 g/mol. The Bertz CT molecular complexity index is 588. The molecule has 2 N–H and O–H groups in total. The summed E-state index contributed by atoms with van der Waals surface area (Å²) in [5.41, 5.74) is 0.795. The van der Waals surface area contributed by atoms with Gasteiger partial charge in [0.1, 0.15) is 0 Å². The summed E-state index contributed by atoms with van der Waals surface area (Å²) in [7, 11) is 3.99. The number of pyridine rings is 1. The highest BCUT2D eigenvalue weighted by Crippen LogP contribution is 2.03. The Morgan fingerprint density at radius 3 is 2.35 bits per heavy atom. The minimum atomic E-state index is -0.215. The lowest BCUT2D eigenvalue weighted by Crippen LogP contribution is -2.41. The molecule has 1 saturated heterocycles. The number of carbonyl (C=O) groups excluding carboxylic acids is 2. The van der Waals surface area contributed by atoms with E-state index in [1.54, 1.807) is 6.07 Å². The molecule has 0 aliphatic carbocycles. The number of hydrogen-bond donors (Lipinski definition) is 2. The lowest BCUT2D eigenvalue weighted by Gasteiger charge is -2.26. The van der Waals surface area contributed by atoms with E-state index in [1.165, 1.54) is 12.4 Å². The van der Waals surface area contributed by atoms with Crippen LogP contribution in [0.2, 0.25) is 0 Å². The minimum absolute atomic E-state index is 0.209. The molecule has 0 spiro atoms. The fourth-order valence-electron chi connectivity index (χ4n) is 2.64. The summed E-state index contributed by atoms with van der Waals surface area (Å²) in [4.78, 5) is 32.8. The second-order valence-electron chi connectivity index (χ2n) is 6.58. The highest BCUT2D eigenvalue weighted by molar-refractivity contribution is 5.99. The second kappa shape index (κ2) is 10.8. The predicted molar refractivity (Wildman–Crippen MR) is 99.3 cm³/mol. The molecule has 8 heteroatoms. The summed E-state index contributed by atoms with van der Waals surface area (Å²) in [6.45, 7) is 6.10. The summed E-state index contributed by atoms with van der Waals surface area (Å²) in [5.74, 6) is -0.424. The van der Waals surface area contributed by atoms with Gasteiger partial charge in [-0.1, -0.05) is 0 Å². The Labute approximate surface area is 154 Å². The molecule has 26 heavy (non-hydrogen) atoms. The van der Waals surface area contributed by atoms with Crippen LogP contribution < -0.4 is 10.6 Å². The maximum Gasteiger partial charge on any atom is 0.252 e. The van der Waals surface area contributed by atoms with Crippen molar-refractivity contribution in [2.24, 2.45) is 0 Å². The third-order valence-corrected chi connectivity index (χ3v) is 4.15. The van der Waals surface area contributed by atoms with E-state index >= 15 is 0 Å². The lowest BCUT2D eigenvalue weighted by atomic mass is 10.2. The third kappa shape index (κ3) is 7.07. The van der Waals surface area contributed by atoms with Gasteiger partial charge in [-0.05, 0) is 33.1 Å². The van der Waals surface area contributed by atoms with Gasteiger partial charge in [0.05, 0.1) is 24.3 Å². The molecule has 0 saturated carbocycles. The number of nitrogens with one attached hydrogen (secondary N) is 2. The van der Waals surface area contributed by atoms with Crippen molar-refractivity contribution in [3.05, 3.63) is 29.6 Å². The van der Waals surface area contributed by atoms with Crippen molar-refractivity contribution in [1.82, 2.24) is 25.4 Å². The van der Waals surface area contributed by atoms with Gasteiger partial charge in [0, 0.05) is 45.1 Å². The largest absolute Gasteiger partial charge is 0.379 e. The monoisotopic (exact) mass is 363 g/mol. The minimum Gasteiger partial charge on any atom is -0.379 e. The molecular formula is C18H29N5O3. The Kier molecular flexibility index (Phi) is 8.46. The maximum atomic E-state index is 12.3. The second-order valence-corrected chi connectivity index (χ2v) is 6.58. The van der Waals surface area contributed by atoms with Gasteiger partial charge in [0.25, 0.3) is 11.8 Å². The Hall–Kier alpha value is -2.03. The van der Waals surface area contributed by atoms with E-state index in [0.29, 0.717) is 24.2 Å². The van der Waals surface area contributed by atoms with Crippen LogP contribution in [0.4, 0.5) is 0 Å². The summed E-state index contributed by atoms with van der Waals surface area (Å²) in [5, 5.41) is 5.73. The van der Waals surface area contributed by atoms with Crippen LogP contribution in [-0.2, 0) is 4.74 Å². The molecule has 1 fully saturated rings. The molecule has 0 bridgehead atoms. The van der Waals surface area contributed by atoms with Gasteiger partial charge in [0.2, 0.25) is 0 Å². The SMILES string of the molecule is CN(C)CCCNC(=O)c1cncc(C(=O)NCCN2CCOCC2)c1. The van der Waals surface area contributed by atoms with Crippen LogP contribution in [0, 0.1) is 0 Å². The first-order chi connectivity index (χ1) is 12.6. The molecule has 2 amide bonds. The van der Waals surface area contributed by atoms with Crippen molar-refractivity contribution in [1.29, 1.82) is 0 Å². The Morgan fingerprint density at radius 2 is 1.73 bits per heavy atom. The van der Waals surface area contributed by atoms with Gasteiger partial charge >= 0.3 is 0 Å². The maximum absolute atomic E-state index is 12.3. The Morgan fingerprint density at radius 1 is 1.12 bits per heavy atom. The summed E-state index contributed by atoms with van der Waals surface area (Å²) >= 11 is 0. The molecule has 2 heterocycles. The first-order valence-electron chi connectivity index (χ1n) is 9.02. The molecule has 1 aliphatic heterocycles. The number of aromatic nitrogens is 1. The summed E-state index contributed by atoms with van der Waals surface area (Å²) in [6, 6.07) is 1.58. The van der Waals surface area contributed by atoms with Gasteiger partial charge in [0.15, 0.2) is 0 Å². The zero-order valence-electron chi connectivity index (χ0n) is 15.7. The van der Waals surface area contributed by atoms with Crippen molar-refractivity contribution in [2.75, 3.05) is 66.6 Å². The van der Waals surface area contributed by atoms with Crippen LogP contribution in [-0.4, -0.2) is 93.2 Å². The van der Waals surface area contributed by atoms with E-state index < -0.39 is 0 Å². The fraction of sp³-hybridized carbons (Fsp3) is 0.611. The number of hydrogen-bond acceptors (Lipinski definition) is 6. The smallest absolute Gasteiger partial charge is 0.252 e. The van der Waals surface area contributed by atoms with Gasteiger partial charge in [-0.3, -0.25) is 19.5 Å². The van der Waals surface area contributed by atoms with Crippen LogP contribution >= 0.6 is 0 Å². The quantitative estimate of drug-likeness (QED) is 0.592. The number of rotatable bonds is 9. The topological polar surface area (TPSA) is 86.8 Å². The van der Waals surface area contributed by atoms with Crippen molar-refractivity contribution < 1.29 is 14.3 Å². The molecule has 0 atom stereocenters. The number of carbonyl (C=O) groups is 2. The molecule has 144 valence electrons. The number of nitrogens with zero attached hydrogens (tertiary/aromatic N) is 3. The average molecular weight is 363 g/mol. The summed E-state index contributed by atoms with van der Waals surface area (Å²) < 4.78 is 5.30. The fourth-order valence-corrected chi connectivity index (χ4v) is 2.64. The summed E-state index contributed by atoms with van der Waals surface area (Å²) in [6.07, 6.45) is 3.83. The Balaban J connectivity index is 1.77.